The minimum absolute atomic E-state index is 0.0190. The molecule has 1 saturated heterocycles. The highest BCUT2D eigenvalue weighted by atomic mass is 16.5. The molecule has 1 aromatic rings. The van der Waals surface area contributed by atoms with Crippen LogP contribution in [-0.2, 0) is 14.3 Å². The van der Waals surface area contributed by atoms with Gasteiger partial charge < -0.3 is 14.7 Å². The minimum atomic E-state index is -1.06. The Morgan fingerprint density at radius 2 is 2.33 bits per heavy atom. The minimum Gasteiger partial charge on any atom is -0.480 e. The summed E-state index contributed by atoms with van der Waals surface area (Å²) in [5.74, 6) is -1.36. The van der Waals surface area contributed by atoms with Gasteiger partial charge in [0.15, 0.2) is 6.04 Å². The molecule has 0 radical (unpaired) electrons. The Balaban J connectivity index is 2.13. The zero-order valence-corrected chi connectivity index (χ0v) is 9.89. The first kappa shape index (κ1) is 12.5. The molecule has 18 heavy (non-hydrogen) atoms. The van der Waals surface area contributed by atoms with Crippen molar-refractivity contribution in [2.75, 3.05) is 19.8 Å². The van der Waals surface area contributed by atoms with E-state index < -0.39 is 18.1 Å². The van der Waals surface area contributed by atoms with Gasteiger partial charge in [-0.1, -0.05) is 0 Å². The summed E-state index contributed by atoms with van der Waals surface area (Å²) >= 11 is 0. The summed E-state index contributed by atoms with van der Waals surface area (Å²) < 4.78 is 6.48. The molecule has 0 aromatic carbocycles. The first-order valence-electron chi connectivity index (χ1n) is 5.56. The van der Waals surface area contributed by atoms with E-state index in [0.717, 1.165) is 0 Å². The van der Waals surface area contributed by atoms with Crippen molar-refractivity contribution < 1.29 is 19.4 Å². The van der Waals surface area contributed by atoms with Gasteiger partial charge in [0.1, 0.15) is 18.7 Å². The smallest absolute Gasteiger partial charge is 0.328 e. The fraction of sp³-hybridized carbons (Fsp3) is 0.600. The third kappa shape index (κ3) is 2.33. The molecule has 0 spiro atoms. The number of carboxylic acid groups (broad SMARTS) is 1. The maximum absolute atomic E-state index is 12.2. The highest BCUT2D eigenvalue weighted by molar-refractivity contribution is 5.86. The number of hydrogen-bond acceptors (Lipinski definition) is 5. The average Bonchev–Trinajstić information content (AvgIpc) is 2.90. The topological polar surface area (TPSA) is 97.6 Å². The largest absolute Gasteiger partial charge is 0.480 e. The summed E-state index contributed by atoms with van der Waals surface area (Å²) in [5.41, 5.74) is 0. The zero-order chi connectivity index (χ0) is 13.1. The summed E-state index contributed by atoms with van der Waals surface area (Å²) in [4.78, 5) is 28.4. The molecule has 0 bridgehead atoms. The molecule has 1 aliphatic rings. The second-order valence-corrected chi connectivity index (χ2v) is 4.01. The summed E-state index contributed by atoms with van der Waals surface area (Å²) in [6.07, 6.45) is 2.76. The molecular formula is C10H14N4O4. The fourth-order valence-corrected chi connectivity index (χ4v) is 1.84. The Kier molecular flexibility index (Phi) is 3.56. The Morgan fingerprint density at radius 3 is 2.94 bits per heavy atom. The van der Waals surface area contributed by atoms with E-state index in [0.29, 0.717) is 6.61 Å². The molecule has 0 aliphatic carbocycles. The lowest BCUT2D eigenvalue weighted by Crippen LogP contribution is -2.54. The van der Waals surface area contributed by atoms with Gasteiger partial charge in [0, 0.05) is 6.54 Å². The lowest BCUT2D eigenvalue weighted by atomic mass is 10.2. The molecule has 8 nitrogen and oxygen atoms in total. The first-order chi connectivity index (χ1) is 8.61. The highest BCUT2D eigenvalue weighted by Gasteiger charge is 2.35. The molecule has 0 saturated carbocycles. The summed E-state index contributed by atoms with van der Waals surface area (Å²) in [6, 6.07) is -1.51. The van der Waals surface area contributed by atoms with Crippen molar-refractivity contribution in [3.8, 4) is 0 Å². The monoisotopic (exact) mass is 254 g/mol. The van der Waals surface area contributed by atoms with Crippen molar-refractivity contribution in [2.24, 2.45) is 0 Å². The van der Waals surface area contributed by atoms with E-state index in [1.54, 1.807) is 6.92 Å². The van der Waals surface area contributed by atoms with Gasteiger partial charge in [-0.05, 0) is 6.92 Å². The van der Waals surface area contributed by atoms with Gasteiger partial charge in [0.25, 0.3) is 0 Å². The molecule has 1 aliphatic heterocycles. The van der Waals surface area contributed by atoms with Crippen molar-refractivity contribution in [3.05, 3.63) is 12.7 Å². The van der Waals surface area contributed by atoms with E-state index >= 15 is 0 Å². The van der Waals surface area contributed by atoms with Crippen LogP contribution in [0.15, 0.2) is 12.7 Å². The van der Waals surface area contributed by atoms with E-state index in [-0.39, 0.29) is 19.1 Å². The van der Waals surface area contributed by atoms with Crippen molar-refractivity contribution in [1.82, 2.24) is 19.7 Å². The van der Waals surface area contributed by atoms with Crippen LogP contribution in [0.2, 0.25) is 0 Å². The predicted octanol–water partition coefficient (Wildman–Crippen LogP) is -0.849. The Bertz CT molecular complexity index is 433. The standard InChI is InChI=1S/C10H14N4O4/c1-7(14-6-11-5-12-14)9(15)13-2-3-18-4-8(13)10(16)17/h5-8H,2-4H2,1H3,(H,16,17). The van der Waals surface area contributed by atoms with Crippen LogP contribution >= 0.6 is 0 Å². The number of carbonyl (C=O) groups is 2. The van der Waals surface area contributed by atoms with Gasteiger partial charge in [-0.25, -0.2) is 14.5 Å². The molecule has 2 unspecified atom stereocenters. The van der Waals surface area contributed by atoms with Crippen molar-refractivity contribution in [1.29, 1.82) is 0 Å². The molecule has 1 fully saturated rings. The van der Waals surface area contributed by atoms with E-state index in [1.807, 2.05) is 0 Å². The average molecular weight is 254 g/mol. The quantitative estimate of drug-likeness (QED) is 0.754. The van der Waals surface area contributed by atoms with Gasteiger partial charge in [-0.15, -0.1) is 0 Å². The third-order valence-electron chi connectivity index (χ3n) is 2.89. The van der Waals surface area contributed by atoms with Crippen LogP contribution in [0.3, 0.4) is 0 Å². The number of aromatic nitrogens is 3. The molecule has 2 atom stereocenters. The number of aliphatic carboxylic acids is 1. The number of carboxylic acids is 1. The molecule has 98 valence electrons. The van der Waals surface area contributed by atoms with Crippen LogP contribution in [0.5, 0.6) is 0 Å². The number of nitrogens with zero attached hydrogens (tertiary/aromatic N) is 4. The summed E-state index contributed by atoms with van der Waals surface area (Å²) in [7, 11) is 0. The number of rotatable bonds is 3. The molecule has 2 heterocycles. The van der Waals surface area contributed by atoms with Gasteiger partial charge in [-0.2, -0.15) is 5.10 Å². The van der Waals surface area contributed by atoms with Crippen LogP contribution in [0, 0.1) is 0 Å². The molecule has 1 aromatic heterocycles. The van der Waals surface area contributed by atoms with Gasteiger partial charge in [0.05, 0.1) is 13.2 Å². The number of morpholine rings is 1. The third-order valence-corrected chi connectivity index (χ3v) is 2.89. The van der Waals surface area contributed by atoms with Crippen molar-refractivity contribution in [3.63, 3.8) is 0 Å². The van der Waals surface area contributed by atoms with Crippen molar-refractivity contribution in [2.45, 2.75) is 19.0 Å². The lowest BCUT2D eigenvalue weighted by Gasteiger charge is -2.34. The normalized spacial score (nSPS) is 21.6. The molecular weight excluding hydrogens is 240 g/mol. The number of hydrogen-bond donors (Lipinski definition) is 1. The van der Waals surface area contributed by atoms with E-state index in [2.05, 4.69) is 10.1 Å². The first-order valence-corrected chi connectivity index (χ1v) is 5.56. The maximum atomic E-state index is 12.2. The Labute approximate surface area is 103 Å². The van der Waals surface area contributed by atoms with Crippen LogP contribution in [0.4, 0.5) is 0 Å². The number of ether oxygens (including phenoxy) is 1. The molecule has 2 rings (SSSR count). The van der Waals surface area contributed by atoms with E-state index in [1.165, 1.54) is 22.2 Å². The van der Waals surface area contributed by atoms with Crippen LogP contribution in [-0.4, -0.2) is 62.4 Å². The molecule has 8 heteroatoms. The van der Waals surface area contributed by atoms with Crippen LogP contribution < -0.4 is 0 Å². The number of carbonyl (C=O) groups excluding carboxylic acids is 1. The summed E-state index contributed by atoms with van der Waals surface area (Å²) in [6.45, 7) is 2.30. The van der Waals surface area contributed by atoms with Gasteiger partial charge in [0.2, 0.25) is 5.91 Å². The summed E-state index contributed by atoms with van der Waals surface area (Å²) in [5, 5.41) is 12.9. The molecule has 1 amide bonds. The van der Waals surface area contributed by atoms with Crippen LogP contribution in [0.25, 0.3) is 0 Å². The zero-order valence-electron chi connectivity index (χ0n) is 9.89. The van der Waals surface area contributed by atoms with E-state index in [4.69, 9.17) is 9.84 Å². The van der Waals surface area contributed by atoms with E-state index in [9.17, 15) is 9.59 Å². The van der Waals surface area contributed by atoms with Crippen molar-refractivity contribution >= 4 is 11.9 Å². The van der Waals surface area contributed by atoms with Crippen LogP contribution in [0.1, 0.15) is 13.0 Å². The number of amides is 1. The van der Waals surface area contributed by atoms with Gasteiger partial charge in [-0.3, -0.25) is 4.79 Å². The maximum Gasteiger partial charge on any atom is 0.328 e. The SMILES string of the molecule is CC(C(=O)N1CCOCC1C(=O)O)n1cncn1. The lowest BCUT2D eigenvalue weighted by molar-refractivity contribution is -0.159. The fourth-order valence-electron chi connectivity index (χ4n) is 1.84. The second-order valence-electron chi connectivity index (χ2n) is 4.01. The highest BCUT2D eigenvalue weighted by Crippen LogP contribution is 2.14. The van der Waals surface area contributed by atoms with Gasteiger partial charge >= 0.3 is 5.97 Å². The molecule has 1 N–H and O–H groups in total. The Morgan fingerprint density at radius 1 is 1.56 bits per heavy atom. The Hall–Kier alpha value is -1.96. The second kappa shape index (κ2) is 5.13. The predicted molar refractivity (Wildman–Crippen MR) is 58.7 cm³/mol.